The molecule has 0 aromatic rings. The molecule has 16 unspecified atom stereocenters. The van der Waals surface area contributed by atoms with Crippen molar-refractivity contribution in [3.05, 3.63) is 0 Å². The van der Waals surface area contributed by atoms with E-state index in [1.54, 1.807) is 7.11 Å². The first kappa shape index (κ1) is 42.4. The highest BCUT2D eigenvalue weighted by Crippen LogP contribution is 2.46. The summed E-state index contributed by atoms with van der Waals surface area (Å²) in [4.78, 5) is 35.3. The zero-order valence-corrected chi connectivity index (χ0v) is 31.2. The molecule has 5 aliphatic carbocycles. The Labute approximate surface area is 317 Å². The minimum Gasteiger partial charge on any atom is -0.481 e. The van der Waals surface area contributed by atoms with Crippen molar-refractivity contribution in [2.45, 2.75) is 143 Å². The fourth-order valence-electron chi connectivity index (χ4n) is 9.18. The molecule has 0 spiro atoms. The van der Waals surface area contributed by atoms with E-state index in [0.29, 0.717) is 38.5 Å². The Kier molecular flexibility index (Phi) is 15.2. The average Bonchev–Trinajstić information content (AvgIpc) is 3.15. The summed E-state index contributed by atoms with van der Waals surface area (Å²) in [5.41, 5.74) is 12.3. The molecule has 304 valence electrons. The Morgan fingerprint density at radius 1 is 0.667 bits per heavy atom. The first-order chi connectivity index (χ1) is 25.8. The van der Waals surface area contributed by atoms with Crippen molar-refractivity contribution in [1.82, 2.24) is 0 Å². The third kappa shape index (κ3) is 10.3. The molecule has 21 heteroatoms. The molecule has 0 aromatic carbocycles. The van der Waals surface area contributed by atoms with Crippen LogP contribution in [0, 0.1) is 29.6 Å². The van der Waals surface area contributed by atoms with Crippen LogP contribution in [0.25, 0.3) is 0 Å². The number of aliphatic carboxylic acids is 3. The number of aliphatic hydroxyl groups is 1. The van der Waals surface area contributed by atoms with Crippen molar-refractivity contribution >= 4 is 30.0 Å². The molecule has 5 aliphatic rings. The summed E-state index contributed by atoms with van der Waals surface area (Å²) in [7, 11) is 3.08. The van der Waals surface area contributed by atoms with Gasteiger partial charge < -0.3 is 41.4 Å². The fraction of sp³-hybridized carbons (Fsp3) is 0.909. The minimum absolute atomic E-state index is 0.0566. The molecule has 0 amide bonds. The van der Waals surface area contributed by atoms with Crippen LogP contribution in [0.15, 0.2) is 30.7 Å². The largest absolute Gasteiger partial charge is 0.481 e. The lowest BCUT2D eigenvalue weighted by molar-refractivity contribution is -0.432. The first-order valence-corrected chi connectivity index (χ1v) is 19.4. The second kappa shape index (κ2) is 19.4. The Morgan fingerprint density at radius 3 is 1.83 bits per heavy atom. The van der Waals surface area contributed by atoms with Gasteiger partial charge in [0.25, 0.3) is 0 Å². The van der Waals surface area contributed by atoms with E-state index in [1.165, 1.54) is 7.11 Å². The molecular weight excluding hydrogens is 732 g/mol. The van der Waals surface area contributed by atoms with E-state index in [0.717, 1.165) is 18.5 Å². The van der Waals surface area contributed by atoms with Crippen LogP contribution in [-0.4, -0.2) is 130 Å². The topological polar surface area (TPSA) is 315 Å². The van der Waals surface area contributed by atoms with Crippen molar-refractivity contribution in [3.8, 4) is 0 Å². The Bertz CT molecular complexity index is 1360. The number of carbonyl (C=O) groups is 3. The number of ether oxygens (including phenoxy) is 2. The van der Waals surface area contributed by atoms with Gasteiger partial charge in [0, 0.05) is 51.2 Å². The third-order valence-corrected chi connectivity index (χ3v) is 13.0. The Morgan fingerprint density at radius 2 is 1.26 bits per heavy atom. The van der Waals surface area contributed by atoms with E-state index >= 15 is 0 Å². The van der Waals surface area contributed by atoms with E-state index in [1.807, 2.05) is 0 Å². The van der Waals surface area contributed by atoms with E-state index in [4.69, 9.17) is 30.5 Å². The molecule has 54 heavy (non-hydrogen) atoms. The summed E-state index contributed by atoms with van der Waals surface area (Å²) in [6.07, 6.45) is 2.52. The quantitative estimate of drug-likeness (QED) is 0.0576. The predicted octanol–water partition coefficient (Wildman–Crippen LogP) is 2.73. The molecular formula is C33H54N8O12S. The molecule has 5 fully saturated rings. The Balaban J connectivity index is 1.26. The van der Waals surface area contributed by atoms with Crippen LogP contribution in [0.3, 0.4) is 0 Å². The van der Waals surface area contributed by atoms with Crippen LogP contribution < -0.4 is 11.5 Å². The minimum atomic E-state index is -1.05. The van der Waals surface area contributed by atoms with Gasteiger partial charge in [-0.05, 0) is 69.6 Å². The van der Waals surface area contributed by atoms with E-state index < -0.39 is 95.5 Å². The van der Waals surface area contributed by atoms with Crippen molar-refractivity contribution in [2.75, 3.05) is 14.2 Å². The van der Waals surface area contributed by atoms with Crippen molar-refractivity contribution < 1.29 is 58.9 Å². The van der Waals surface area contributed by atoms with Gasteiger partial charge in [-0.25, -0.2) is 5.26 Å². The molecule has 20 nitrogen and oxygen atoms in total. The molecule has 0 radical (unpaired) electrons. The van der Waals surface area contributed by atoms with Gasteiger partial charge in [0.1, 0.15) is 6.04 Å². The molecule has 0 saturated heterocycles. The monoisotopic (exact) mass is 786 g/mol. The number of rotatable bonds is 14. The van der Waals surface area contributed by atoms with Crippen LogP contribution in [0.1, 0.15) is 70.6 Å². The summed E-state index contributed by atoms with van der Waals surface area (Å²) in [6.45, 7) is 0. The molecule has 16 atom stereocenters. The van der Waals surface area contributed by atoms with Gasteiger partial charge in [-0.2, -0.15) is 30.7 Å². The molecule has 5 rings (SSSR count). The summed E-state index contributed by atoms with van der Waals surface area (Å²) in [6, 6.07) is -4.02. The van der Waals surface area contributed by atoms with Crippen molar-refractivity contribution in [2.24, 2.45) is 71.7 Å². The highest BCUT2D eigenvalue weighted by atomic mass is 32.2. The number of aliphatic hydroxyl groups excluding tert-OH is 1. The maximum Gasteiger partial charge on any atom is 0.308 e. The van der Waals surface area contributed by atoms with E-state index in [-0.39, 0.29) is 49.6 Å². The van der Waals surface area contributed by atoms with Gasteiger partial charge in [0.2, 0.25) is 0 Å². The second-order valence-electron chi connectivity index (χ2n) is 15.5. The highest BCUT2D eigenvalue weighted by Gasteiger charge is 2.49. The number of nitrogens with zero attached hydrogens (tertiary/aromatic N) is 6. The summed E-state index contributed by atoms with van der Waals surface area (Å²) < 4.78 is 16.4. The molecule has 9 N–H and O–H groups in total. The molecule has 0 bridgehead atoms. The number of hydrogen-bond donors (Lipinski definition) is 7. The van der Waals surface area contributed by atoms with Crippen LogP contribution >= 0.6 is 12.0 Å². The SMILES string of the molecule is COC1CC(N=NC2C(SOOO)CC3CCC(N=NC4C(N)CC(N)CC4C(=O)O)CC3C2O)C(OC)CC1N=NC1CC(C(=O)O)CC(C(=O)O)C1. The second-order valence-corrected chi connectivity index (χ2v) is 16.4. The Hall–Kier alpha value is -2.76. The lowest BCUT2D eigenvalue weighted by Crippen LogP contribution is -2.52. The van der Waals surface area contributed by atoms with Crippen LogP contribution in [0.4, 0.5) is 0 Å². The first-order valence-electron chi connectivity index (χ1n) is 18.6. The number of azo groups is 3. The van der Waals surface area contributed by atoms with Crippen molar-refractivity contribution in [1.29, 1.82) is 0 Å². The van der Waals surface area contributed by atoms with Gasteiger partial charge in [0.05, 0.1) is 71.5 Å². The standard InChI is InChI=1S/C33H54N8O12S/c1-50-25-13-24(26(51-2)12-23(25)38-37-19-6-15(31(43)44)5-16(7-19)32(45)46)39-41-29-27(54-53-52-49)8-14-3-4-18(11-20(14)30(29)42)36-40-28-21(33(47)48)9-17(34)10-22(28)35/h14-30,42,49H,3-13,34-35H2,1-2H3,(H,43,44)(H,45,46)(H,47,48). The zero-order valence-electron chi connectivity index (χ0n) is 30.4. The van der Waals surface area contributed by atoms with E-state index in [2.05, 4.69) is 35.7 Å². The van der Waals surface area contributed by atoms with Gasteiger partial charge in [0.15, 0.2) is 0 Å². The number of methoxy groups -OCH3 is 2. The number of carboxylic acids is 3. The third-order valence-electron chi connectivity index (χ3n) is 12.1. The van der Waals surface area contributed by atoms with Gasteiger partial charge in [-0.3, -0.25) is 14.4 Å². The lowest BCUT2D eigenvalue weighted by Gasteiger charge is -2.46. The summed E-state index contributed by atoms with van der Waals surface area (Å²) in [5.74, 6) is -5.68. The van der Waals surface area contributed by atoms with Gasteiger partial charge in [-0.1, -0.05) is 5.04 Å². The molecule has 0 heterocycles. The number of carboxylic acid groups (broad SMARTS) is 3. The van der Waals surface area contributed by atoms with Crippen molar-refractivity contribution in [3.63, 3.8) is 0 Å². The fourth-order valence-corrected chi connectivity index (χ4v) is 9.98. The summed E-state index contributed by atoms with van der Waals surface area (Å²) >= 11 is 0.856. The highest BCUT2D eigenvalue weighted by molar-refractivity contribution is 7.95. The number of nitrogens with two attached hydrogens (primary N) is 2. The van der Waals surface area contributed by atoms with Crippen LogP contribution in [0.2, 0.25) is 0 Å². The molecule has 0 aromatic heterocycles. The number of hydrogen-bond acceptors (Lipinski definition) is 18. The van der Waals surface area contributed by atoms with Gasteiger partial charge >= 0.3 is 17.9 Å². The number of fused-ring (bicyclic) bond motifs is 1. The maximum atomic E-state index is 11.9. The van der Waals surface area contributed by atoms with Crippen LogP contribution in [0.5, 0.6) is 0 Å². The van der Waals surface area contributed by atoms with Crippen LogP contribution in [-0.2, 0) is 33.2 Å². The lowest BCUT2D eigenvalue weighted by atomic mass is 9.66. The summed E-state index contributed by atoms with van der Waals surface area (Å²) in [5, 5.41) is 80.3. The maximum absolute atomic E-state index is 11.9. The smallest absolute Gasteiger partial charge is 0.308 e. The predicted molar refractivity (Wildman–Crippen MR) is 188 cm³/mol. The normalized spacial score (nSPS) is 43.3. The average molecular weight is 787 g/mol. The van der Waals surface area contributed by atoms with Gasteiger partial charge in [-0.15, -0.1) is 4.33 Å². The molecule has 5 saturated carbocycles. The zero-order chi connectivity index (χ0) is 39.1. The molecule has 0 aliphatic heterocycles. The van der Waals surface area contributed by atoms with E-state index in [9.17, 15) is 34.8 Å².